The summed E-state index contributed by atoms with van der Waals surface area (Å²) in [5.41, 5.74) is 2.77. The molecule has 2 aromatic carbocycles. The zero-order valence-electron chi connectivity index (χ0n) is 16.4. The third kappa shape index (κ3) is 6.39. The number of benzene rings is 2. The minimum absolute atomic E-state index is 0.186. The molecule has 0 spiro atoms. The molecule has 2 amide bonds. The van der Waals surface area contributed by atoms with Crippen molar-refractivity contribution in [2.75, 3.05) is 25.5 Å². The average Bonchev–Trinajstić information content (AvgIpc) is 2.75. The van der Waals surface area contributed by atoms with E-state index in [0.717, 1.165) is 37.9 Å². The first kappa shape index (κ1) is 21.0. The number of carbonyl (C=O) groups excluding carboxylic acids is 2. The Kier molecular flexibility index (Phi) is 7.36. The third-order valence-corrected chi connectivity index (χ3v) is 5.31. The van der Waals surface area contributed by atoms with Gasteiger partial charge in [-0.3, -0.25) is 5.32 Å². The number of carbonyl (C=O) groups is 2. The second-order valence-corrected chi connectivity index (χ2v) is 7.57. The summed E-state index contributed by atoms with van der Waals surface area (Å²) in [5.74, 6) is 0.541. The number of piperidine rings is 1. The summed E-state index contributed by atoms with van der Waals surface area (Å²) >= 11 is 5.84. The average molecular weight is 417 g/mol. The lowest BCUT2D eigenvalue weighted by Crippen LogP contribution is -2.38. The number of nitrogens with one attached hydrogen (secondary N) is 1. The molecule has 1 N–H and O–H groups in total. The molecule has 6 nitrogen and oxygen atoms in total. The van der Waals surface area contributed by atoms with Crippen molar-refractivity contribution in [1.29, 1.82) is 0 Å². The maximum Gasteiger partial charge on any atom is 0.411 e. The van der Waals surface area contributed by atoms with Gasteiger partial charge in [0.2, 0.25) is 0 Å². The number of likely N-dealkylation sites (tertiary alicyclic amines) is 1. The Morgan fingerprint density at radius 1 is 1.03 bits per heavy atom. The molecule has 0 aliphatic carbocycles. The molecule has 1 heterocycles. The number of rotatable bonds is 5. The van der Waals surface area contributed by atoms with Crippen molar-refractivity contribution in [3.63, 3.8) is 0 Å². The first-order valence-electron chi connectivity index (χ1n) is 9.63. The Hall–Kier alpha value is -2.73. The maximum absolute atomic E-state index is 12.0. The van der Waals surface area contributed by atoms with Crippen molar-refractivity contribution in [2.24, 2.45) is 5.92 Å². The van der Waals surface area contributed by atoms with Crippen LogP contribution in [-0.4, -0.2) is 37.3 Å². The molecule has 0 saturated carbocycles. The van der Waals surface area contributed by atoms with Gasteiger partial charge in [0.05, 0.1) is 7.11 Å². The van der Waals surface area contributed by atoms with Crippen molar-refractivity contribution in [1.82, 2.24) is 4.90 Å². The number of ether oxygens (including phenoxy) is 2. The Labute approximate surface area is 175 Å². The predicted molar refractivity (Wildman–Crippen MR) is 112 cm³/mol. The zero-order valence-corrected chi connectivity index (χ0v) is 17.2. The van der Waals surface area contributed by atoms with Gasteiger partial charge < -0.3 is 14.4 Å². The van der Waals surface area contributed by atoms with Crippen LogP contribution in [0.25, 0.3) is 0 Å². The Balaban J connectivity index is 1.42. The van der Waals surface area contributed by atoms with Crippen molar-refractivity contribution in [3.8, 4) is 0 Å². The second-order valence-electron chi connectivity index (χ2n) is 7.13. The van der Waals surface area contributed by atoms with Crippen LogP contribution in [-0.2, 0) is 22.5 Å². The summed E-state index contributed by atoms with van der Waals surface area (Å²) < 4.78 is 10.00. The van der Waals surface area contributed by atoms with Crippen molar-refractivity contribution < 1.29 is 19.1 Å². The third-order valence-electron chi connectivity index (χ3n) is 5.06. The number of nitrogens with zero attached hydrogens (tertiary/aromatic N) is 1. The lowest BCUT2D eigenvalue weighted by molar-refractivity contribution is 0.106. The maximum atomic E-state index is 12.0. The van der Waals surface area contributed by atoms with Gasteiger partial charge in [-0.05, 0) is 60.6 Å². The van der Waals surface area contributed by atoms with E-state index >= 15 is 0 Å². The number of anilines is 1. The molecule has 1 fully saturated rings. The van der Waals surface area contributed by atoms with Crippen LogP contribution in [0.15, 0.2) is 48.5 Å². The van der Waals surface area contributed by atoms with E-state index in [-0.39, 0.29) is 12.7 Å². The molecule has 0 aromatic heterocycles. The molecule has 1 saturated heterocycles. The smallest absolute Gasteiger partial charge is 0.411 e. The minimum Gasteiger partial charge on any atom is -0.453 e. The molecule has 154 valence electrons. The van der Waals surface area contributed by atoms with Gasteiger partial charge in [0.15, 0.2) is 0 Å². The molecular formula is C22H25ClN2O4. The summed E-state index contributed by atoms with van der Waals surface area (Å²) in [6.45, 7) is 1.65. The number of halogens is 1. The highest BCUT2D eigenvalue weighted by atomic mass is 35.5. The van der Waals surface area contributed by atoms with Crippen LogP contribution in [0.4, 0.5) is 15.3 Å². The van der Waals surface area contributed by atoms with E-state index in [1.165, 1.54) is 12.7 Å². The van der Waals surface area contributed by atoms with Gasteiger partial charge in [0.1, 0.15) is 6.61 Å². The van der Waals surface area contributed by atoms with Gasteiger partial charge in [0.25, 0.3) is 0 Å². The molecule has 0 unspecified atom stereocenters. The molecule has 2 aromatic rings. The minimum atomic E-state index is -0.497. The standard InChI is InChI=1S/C22H25ClN2O4/c1-28-22(27)25-12-10-17(11-13-25)14-16-4-8-20(9-5-16)24-21(26)29-15-18-2-6-19(23)7-3-18/h2-9,17H,10-15H2,1H3,(H,24,26). The van der Waals surface area contributed by atoms with Crippen LogP contribution in [0.1, 0.15) is 24.0 Å². The van der Waals surface area contributed by atoms with Crippen LogP contribution in [0.5, 0.6) is 0 Å². The molecule has 0 atom stereocenters. The SMILES string of the molecule is COC(=O)N1CCC(Cc2ccc(NC(=O)OCc3ccc(Cl)cc3)cc2)CC1. The fourth-order valence-electron chi connectivity index (χ4n) is 3.39. The molecule has 0 bridgehead atoms. The highest BCUT2D eigenvalue weighted by Crippen LogP contribution is 2.23. The Bertz CT molecular complexity index is 816. The Morgan fingerprint density at radius 2 is 1.66 bits per heavy atom. The number of amides is 2. The number of hydrogen-bond donors (Lipinski definition) is 1. The highest BCUT2D eigenvalue weighted by molar-refractivity contribution is 6.30. The quantitative estimate of drug-likeness (QED) is 0.735. The van der Waals surface area contributed by atoms with Crippen molar-refractivity contribution in [3.05, 3.63) is 64.7 Å². The lowest BCUT2D eigenvalue weighted by Gasteiger charge is -2.31. The fraction of sp³-hybridized carbons (Fsp3) is 0.364. The van der Waals surface area contributed by atoms with E-state index in [4.69, 9.17) is 21.1 Å². The van der Waals surface area contributed by atoms with Gasteiger partial charge in [-0.25, -0.2) is 9.59 Å². The van der Waals surface area contributed by atoms with Crippen LogP contribution in [0, 0.1) is 5.92 Å². The number of methoxy groups -OCH3 is 1. The van der Waals surface area contributed by atoms with Crippen LogP contribution in [0.2, 0.25) is 5.02 Å². The first-order chi connectivity index (χ1) is 14.0. The van der Waals surface area contributed by atoms with Crippen LogP contribution < -0.4 is 5.32 Å². The molecular weight excluding hydrogens is 392 g/mol. The van der Waals surface area contributed by atoms with E-state index in [2.05, 4.69) is 5.32 Å². The fourth-order valence-corrected chi connectivity index (χ4v) is 3.52. The molecule has 1 aliphatic heterocycles. The summed E-state index contributed by atoms with van der Waals surface area (Å²) in [4.78, 5) is 25.3. The normalized spacial score (nSPS) is 14.3. The van der Waals surface area contributed by atoms with Crippen molar-refractivity contribution in [2.45, 2.75) is 25.9 Å². The van der Waals surface area contributed by atoms with Crippen LogP contribution >= 0.6 is 11.6 Å². The molecule has 3 rings (SSSR count). The monoisotopic (exact) mass is 416 g/mol. The summed E-state index contributed by atoms with van der Waals surface area (Å²) in [7, 11) is 1.41. The summed E-state index contributed by atoms with van der Waals surface area (Å²) in [6, 6.07) is 14.9. The van der Waals surface area contributed by atoms with Gasteiger partial charge in [-0.15, -0.1) is 0 Å². The molecule has 7 heteroatoms. The van der Waals surface area contributed by atoms with Gasteiger partial charge >= 0.3 is 12.2 Å². The van der Waals surface area contributed by atoms with Gasteiger partial charge in [-0.1, -0.05) is 35.9 Å². The van der Waals surface area contributed by atoms with E-state index in [0.29, 0.717) is 16.6 Å². The van der Waals surface area contributed by atoms with E-state index in [1.807, 2.05) is 36.4 Å². The molecule has 29 heavy (non-hydrogen) atoms. The zero-order chi connectivity index (χ0) is 20.6. The lowest BCUT2D eigenvalue weighted by atomic mass is 9.90. The summed E-state index contributed by atoms with van der Waals surface area (Å²) in [5, 5.41) is 3.38. The van der Waals surface area contributed by atoms with Crippen LogP contribution in [0.3, 0.4) is 0 Å². The first-order valence-corrected chi connectivity index (χ1v) is 10.0. The van der Waals surface area contributed by atoms with E-state index in [1.54, 1.807) is 17.0 Å². The topological polar surface area (TPSA) is 67.9 Å². The van der Waals surface area contributed by atoms with Gasteiger partial charge in [-0.2, -0.15) is 0 Å². The predicted octanol–water partition coefficient (Wildman–Crippen LogP) is 5.11. The van der Waals surface area contributed by atoms with Crippen molar-refractivity contribution >= 4 is 29.5 Å². The van der Waals surface area contributed by atoms with E-state index < -0.39 is 6.09 Å². The molecule has 0 radical (unpaired) electrons. The number of hydrogen-bond acceptors (Lipinski definition) is 4. The molecule has 1 aliphatic rings. The summed E-state index contributed by atoms with van der Waals surface area (Å²) in [6.07, 6.45) is 2.14. The highest BCUT2D eigenvalue weighted by Gasteiger charge is 2.23. The van der Waals surface area contributed by atoms with Gasteiger partial charge in [0, 0.05) is 23.8 Å². The second kappa shape index (κ2) is 10.2. The van der Waals surface area contributed by atoms with E-state index in [9.17, 15) is 9.59 Å². The largest absolute Gasteiger partial charge is 0.453 e. The Morgan fingerprint density at radius 3 is 2.28 bits per heavy atom.